The zero-order chi connectivity index (χ0) is 37.5. The highest BCUT2D eigenvalue weighted by molar-refractivity contribution is 9.10. The molecule has 278 valence electrons. The van der Waals surface area contributed by atoms with Crippen LogP contribution >= 0.6 is 15.9 Å². The molecule has 9 nitrogen and oxygen atoms in total. The van der Waals surface area contributed by atoms with Crippen molar-refractivity contribution in [3.8, 4) is 46.0 Å². The molecule has 0 amide bonds. The first-order valence-corrected chi connectivity index (χ1v) is 19.0. The molecular weight excluding hydrogens is 748 g/mol. The van der Waals surface area contributed by atoms with Crippen LogP contribution in [0.5, 0.6) is 46.0 Å². The topological polar surface area (TPSA) is 78.9 Å². The molecule has 4 aliphatic rings. The molecule has 0 spiro atoms. The van der Waals surface area contributed by atoms with Crippen molar-refractivity contribution in [2.75, 3.05) is 48.5 Å². The van der Waals surface area contributed by atoms with E-state index >= 15 is 0 Å². The second-order valence-electron chi connectivity index (χ2n) is 14.1. The van der Waals surface area contributed by atoms with Crippen LogP contribution in [0.3, 0.4) is 0 Å². The third kappa shape index (κ3) is 6.90. The SMILES string of the molecule is COc1ccc2cc1Oc1ccc(cc1)C[C@H]1c3cc(c(OC)cc3CCN1C)Oc1c(OC(=O)c3ccc(Br)cc3)c(OC)cc3c1[C@H](C2)N(C)CC3. The Bertz CT molecular complexity index is 2210. The summed E-state index contributed by atoms with van der Waals surface area (Å²) in [6.07, 6.45) is 3.02. The van der Waals surface area contributed by atoms with Crippen LogP contribution in [0.15, 0.2) is 89.4 Å². The number of halogens is 1. The van der Waals surface area contributed by atoms with E-state index in [1.807, 2.05) is 42.5 Å². The second-order valence-corrected chi connectivity index (χ2v) is 15.1. The van der Waals surface area contributed by atoms with Gasteiger partial charge in [-0.2, -0.15) is 0 Å². The lowest BCUT2D eigenvalue weighted by Crippen LogP contribution is -2.34. The van der Waals surface area contributed by atoms with Crippen LogP contribution in [0, 0.1) is 0 Å². The quantitative estimate of drug-likeness (QED) is 0.128. The summed E-state index contributed by atoms with van der Waals surface area (Å²) in [6, 6.07) is 27.6. The number of carbonyl (C=O) groups excluding carboxylic acids is 1. The summed E-state index contributed by atoms with van der Waals surface area (Å²) >= 11 is 3.47. The molecule has 0 saturated heterocycles. The van der Waals surface area contributed by atoms with E-state index in [0.29, 0.717) is 46.5 Å². The van der Waals surface area contributed by atoms with Gasteiger partial charge in [0.05, 0.1) is 26.9 Å². The molecule has 4 aliphatic heterocycles. The predicted octanol–water partition coefficient (Wildman–Crippen LogP) is 9.14. The Morgan fingerprint density at radius 3 is 2.04 bits per heavy atom. The summed E-state index contributed by atoms with van der Waals surface area (Å²) in [5.41, 5.74) is 6.99. The van der Waals surface area contributed by atoms with Crippen LogP contribution in [0.2, 0.25) is 0 Å². The van der Waals surface area contributed by atoms with Crippen LogP contribution in [0.4, 0.5) is 0 Å². The molecule has 5 aromatic carbocycles. The average molecular weight is 792 g/mol. The summed E-state index contributed by atoms with van der Waals surface area (Å²) in [7, 11) is 9.18. The molecule has 0 N–H and O–H groups in total. The predicted molar refractivity (Wildman–Crippen MR) is 210 cm³/mol. The van der Waals surface area contributed by atoms with Gasteiger partial charge in [0.1, 0.15) is 5.75 Å². The lowest BCUT2D eigenvalue weighted by atomic mass is 9.87. The molecule has 6 bridgehead atoms. The minimum atomic E-state index is -0.525. The van der Waals surface area contributed by atoms with E-state index in [9.17, 15) is 4.79 Å². The Kier molecular flexibility index (Phi) is 10.00. The number of carbonyl (C=O) groups is 1. The number of likely N-dealkylation sites (N-methyl/N-ethyl adjacent to an activating group) is 2. The zero-order valence-corrected chi connectivity index (χ0v) is 32.7. The molecular formula is C44H43BrN2O7. The first-order chi connectivity index (χ1) is 26.2. The number of hydrogen-bond acceptors (Lipinski definition) is 9. The molecule has 0 aliphatic carbocycles. The van der Waals surface area contributed by atoms with Gasteiger partial charge in [0.15, 0.2) is 34.5 Å². The molecule has 2 atom stereocenters. The minimum Gasteiger partial charge on any atom is -0.493 e. The van der Waals surface area contributed by atoms with Gasteiger partial charge in [-0.05, 0) is 134 Å². The fourth-order valence-corrected chi connectivity index (χ4v) is 8.18. The molecule has 10 heteroatoms. The van der Waals surface area contributed by atoms with Gasteiger partial charge in [-0.3, -0.25) is 9.80 Å². The molecule has 0 radical (unpaired) electrons. The molecule has 9 rings (SSSR count). The van der Waals surface area contributed by atoms with E-state index in [4.69, 9.17) is 28.4 Å². The Hall–Kier alpha value is -5.03. The van der Waals surface area contributed by atoms with E-state index in [0.717, 1.165) is 59.3 Å². The molecule has 0 fully saturated rings. The Morgan fingerprint density at radius 1 is 0.685 bits per heavy atom. The lowest BCUT2D eigenvalue weighted by molar-refractivity contribution is 0.0724. The third-order valence-electron chi connectivity index (χ3n) is 10.9. The van der Waals surface area contributed by atoms with Gasteiger partial charge in [-0.15, -0.1) is 0 Å². The summed E-state index contributed by atoms with van der Waals surface area (Å²) in [5, 5.41) is 0. The highest BCUT2D eigenvalue weighted by Crippen LogP contribution is 2.52. The maximum Gasteiger partial charge on any atom is 0.343 e. The second kappa shape index (κ2) is 15.0. The Morgan fingerprint density at radius 2 is 1.31 bits per heavy atom. The molecule has 0 aromatic heterocycles. The zero-order valence-electron chi connectivity index (χ0n) is 31.1. The maximum atomic E-state index is 13.9. The van der Waals surface area contributed by atoms with Crippen LogP contribution < -0.4 is 28.4 Å². The summed E-state index contributed by atoms with van der Waals surface area (Å²) in [4.78, 5) is 18.6. The number of nitrogens with zero attached hydrogens (tertiary/aromatic N) is 2. The first kappa shape index (κ1) is 36.0. The number of ether oxygens (including phenoxy) is 6. The average Bonchev–Trinajstić information content (AvgIpc) is 3.18. The monoisotopic (exact) mass is 790 g/mol. The molecule has 0 unspecified atom stereocenters. The normalized spacial score (nSPS) is 18.0. The fraction of sp³-hybridized carbons (Fsp3) is 0.295. The summed E-state index contributed by atoms with van der Waals surface area (Å²) in [5.74, 6) is 3.69. The van der Waals surface area contributed by atoms with Gasteiger partial charge in [-0.1, -0.05) is 34.1 Å². The van der Waals surface area contributed by atoms with Crippen LogP contribution in [-0.4, -0.2) is 64.3 Å². The molecule has 54 heavy (non-hydrogen) atoms. The Balaban J connectivity index is 1.36. The van der Waals surface area contributed by atoms with E-state index in [-0.39, 0.29) is 17.8 Å². The number of methoxy groups -OCH3 is 3. The van der Waals surface area contributed by atoms with E-state index in [1.54, 1.807) is 33.5 Å². The summed E-state index contributed by atoms with van der Waals surface area (Å²) in [6.45, 7) is 1.71. The first-order valence-electron chi connectivity index (χ1n) is 18.2. The number of rotatable bonds is 5. The van der Waals surface area contributed by atoms with Gasteiger partial charge in [0.25, 0.3) is 0 Å². The van der Waals surface area contributed by atoms with Crippen LogP contribution in [0.25, 0.3) is 0 Å². The molecule has 0 saturated carbocycles. The summed E-state index contributed by atoms with van der Waals surface area (Å²) < 4.78 is 38.6. The fourth-order valence-electron chi connectivity index (χ4n) is 7.92. The highest BCUT2D eigenvalue weighted by atomic mass is 79.9. The van der Waals surface area contributed by atoms with Crippen molar-refractivity contribution in [3.05, 3.63) is 128 Å². The standard InChI is InChI=1S/C44H43BrN2O7/c1-46-18-16-29-23-37(50-4)39-25-33(29)34(46)20-26-6-13-32(14-7-26)52-38-22-27(8-15-36(38)49-3)21-35-41-30(17-19-47(35)2)24-40(51-5)42(43(41)53-39)54-44(48)28-9-11-31(45)12-10-28/h6-15,22-25,34-35H,16-21H2,1-5H3/t34-,35-/m0/s1. The molecule has 5 aromatic rings. The van der Waals surface area contributed by atoms with Gasteiger partial charge in [0.2, 0.25) is 5.75 Å². The smallest absolute Gasteiger partial charge is 0.343 e. The third-order valence-corrected chi connectivity index (χ3v) is 11.4. The lowest BCUT2D eigenvalue weighted by Gasteiger charge is -2.37. The van der Waals surface area contributed by atoms with Gasteiger partial charge >= 0.3 is 5.97 Å². The highest BCUT2D eigenvalue weighted by Gasteiger charge is 2.35. The van der Waals surface area contributed by atoms with Crippen molar-refractivity contribution in [3.63, 3.8) is 0 Å². The Labute approximate surface area is 324 Å². The largest absolute Gasteiger partial charge is 0.493 e. The van der Waals surface area contributed by atoms with Crippen molar-refractivity contribution in [1.29, 1.82) is 0 Å². The van der Waals surface area contributed by atoms with Crippen molar-refractivity contribution < 1.29 is 33.2 Å². The van der Waals surface area contributed by atoms with E-state index in [2.05, 4.69) is 70.2 Å². The van der Waals surface area contributed by atoms with Crippen molar-refractivity contribution in [1.82, 2.24) is 9.80 Å². The van der Waals surface area contributed by atoms with Crippen molar-refractivity contribution in [2.45, 2.75) is 37.8 Å². The van der Waals surface area contributed by atoms with E-state index < -0.39 is 5.97 Å². The van der Waals surface area contributed by atoms with Crippen molar-refractivity contribution in [2.24, 2.45) is 0 Å². The van der Waals surface area contributed by atoms with Gasteiger partial charge in [-0.25, -0.2) is 4.79 Å². The molecule has 4 heterocycles. The number of hydrogen-bond donors (Lipinski definition) is 0. The van der Waals surface area contributed by atoms with E-state index in [1.165, 1.54) is 16.7 Å². The van der Waals surface area contributed by atoms with Crippen molar-refractivity contribution >= 4 is 21.9 Å². The minimum absolute atomic E-state index is 0.0808. The number of benzene rings is 5. The van der Waals surface area contributed by atoms with Crippen LogP contribution in [-0.2, 0) is 25.7 Å². The number of esters is 1. The van der Waals surface area contributed by atoms with Crippen LogP contribution in [0.1, 0.15) is 55.8 Å². The maximum absolute atomic E-state index is 13.9. The van der Waals surface area contributed by atoms with Gasteiger partial charge in [0, 0.05) is 35.2 Å². The number of fused-ring (bicyclic) bond motifs is 2. The van der Waals surface area contributed by atoms with Gasteiger partial charge < -0.3 is 28.4 Å².